The van der Waals surface area contributed by atoms with Gasteiger partial charge >= 0.3 is 12.1 Å². The lowest BCUT2D eigenvalue weighted by molar-refractivity contribution is -0.141. The van der Waals surface area contributed by atoms with Crippen molar-refractivity contribution in [3.05, 3.63) is 12.2 Å². The van der Waals surface area contributed by atoms with Gasteiger partial charge in [0, 0.05) is 19.6 Å². The number of carbonyl (C=O) groups excluding carboxylic acids is 1. The standard InChI is InChI=1S/C13H21NO5/c1-13(2,3)19-12(17)14-7-9(8-18-4)5-6-10(14)11(15)16/h5-6,9-10H,7-8H2,1-4H3,(H,15,16). The van der Waals surface area contributed by atoms with Crippen LogP contribution in [0.4, 0.5) is 4.79 Å². The van der Waals surface area contributed by atoms with E-state index in [-0.39, 0.29) is 12.5 Å². The zero-order valence-corrected chi connectivity index (χ0v) is 11.8. The quantitative estimate of drug-likeness (QED) is 0.787. The molecule has 1 N–H and O–H groups in total. The number of amides is 1. The van der Waals surface area contributed by atoms with Gasteiger partial charge in [0.15, 0.2) is 6.04 Å². The van der Waals surface area contributed by atoms with Crippen molar-refractivity contribution in [3.63, 3.8) is 0 Å². The van der Waals surface area contributed by atoms with Crippen molar-refractivity contribution >= 4 is 12.1 Å². The molecule has 0 aromatic rings. The van der Waals surface area contributed by atoms with Crippen LogP contribution < -0.4 is 0 Å². The Kier molecular flexibility index (Phi) is 4.94. The van der Waals surface area contributed by atoms with Gasteiger partial charge in [0.1, 0.15) is 5.60 Å². The Morgan fingerprint density at radius 1 is 1.37 bits per heavy atom. The first kappa shape index (κ1) is 15.5. The lowest BCUT2D eigenvalue weighted by Gasteiger charge is -2.34. The van der Waals surface area contributed by atoms with E-state index in [0.29, 0.717) is 6.61 Å². The Morgan fingerprint density at radius 2 is 2.00 bits per heavy atom. The van der Waals surface area contributed by atoms with Crippen molar-refractivity contribution in [2.75, 3.05) is 20.3 Å². The van der Waals surface area contributed by atoms with Crippen LogP contribution in [0, 0.1) is 5.92 Å². The highest BCUT2D eigenvalue weighted by Gasteiger charge is 2.35. The first-order valence-electron chi connectivity index (χ1n) is 6.14. The molecule has 0 aliphatic carbocycles. The van der Waals surface area contributed by atoms with E-state index in [4.69, 9.17) is 14.6 Å². The van der Waals surface area contributed by atoms with Crippen molar-refractivity contribution in [3.8, 4) is 0 Å². The average Bonchev–Trinajstić information content (AvgIpc) is 2.26. The van der Waals surface area contributed by atoms with E-state index in [1.807, 2.05) is 0 Å². The molecule has 2 atom stereocenters. The number of nitrogens with zero attached hydrogens (tertiary/aromatic N) is 1. The summed E-state index contributed by atoms with van der Waals surface area (Å²) >= 11 is 0. The van der Waals surface area contributed by atoms with Crippen LogP contribution in [-0.2, 0) is 14.3 Å². The van der Waals surface area contributed by atoms with Crippen molar-refractivity contribution in [2.24, 2.45) is 5.92 Å². The molecule has 6 heteroatoms. The van der Waals surface area contributed by atoms with Crippen LogP contribution in [0.15, 0.2) is 12.2 Å². The van der Waals surface area contributed by atoms with E-state index in [2.05, 4.69) is 0 Å². The molecule has 0 aromatic heterocycles. The minimum absolute atomic E-state index is 0.0203. The second-order valence-electron chi connectivity index (χ2n) is 5.52. The van der Waals surface area contributed by atoms with Crippen LogP contribution in [0.3, 0.4) is 0 Å². The highest BCUT2D eigenvalue weighted by Crippen LogP contribution is 2.19. The van der Waals surface area contributed by atoms with Crippen LogP contribution in [0.5, 0.6) is 0 Å². The molecule has 1 amide bonds. The Labute approximate surface area is 113 Å². The van der Waals surface area contributed by atoms with Crippen LogP contribution in [0.1, 0.15) is 20.8 Å². The fourth-order valence-electron chi connectivity index (χ4n) is 1.84. The smallest absolute Gasteiger partial charge is 0.411 e. The summed E-state index contributed by atoms with van der Waals surface area (Å²) in [6.07, 6.45) is 2.65. The number of carboxylic acids is 1. The van der Waals surface area contributed by atoms with Crippen molar-refractivity contribution in [1.82, 2.24) is 4.90 Å². The fourth-order valence-corrected chi connectivity index (χ4v) is 1.84. The zero-order valence-electron chi connectivity index (χ0n) is 11.8. The van der Waals surface area contributed by atoms with E-state index >= 15 is 0 Å². The molecule has 0 radical (unpaired) electrons. The van der Waals surface area contributed by atoms with Gasteiger partial charge in [0.25, 0.3) is 0 Å². The lowest BCUT2D eigenvalue weighted by atomic mass is 10.0. The van der Waals surface area contributed by atoms with E-state index in [0.717, 1.165) is 0 Å². The molecular weight excluding hydrogens is 250 g/mol. The number of rotatable bonds is 3. The van der Waals surface area contributed by atoms with Gasteiger partial charge < -0.3 is 14.6 Å². The minimum Gasteiger partial charge on any atom is -0.479 e. The molecule has 0 saturated heterocycles. The van der Waals surface area contributed by atoms with E-state index in [1.165, 1.54) is 11.0 Å². The van der Waals surface area contributed by atoms with Gasteiger partial charge in [0.2, 0.25) is 0 Å². The number of methoxy groups -OCH3 is 1. The molecule has 0 saturated carbocycles. The Bertz CT molecular complexity index is 372. The molecule has 19 heavy (non-hydrogen) atoms. The molecule has 2 unspecified atom stereocenters. The highest BCUT2D eigenvalue weighted by molar-refractivity contribution is 5.82. The normalized spacial score (nSPS) is 23.3. The summed E-state index contributed by atoms with van der Waals surface area (Å²) in [5.74, 6) is -1.09. The number of carbonyl (C=O) groups is 2. The van der Waals surface area contributed by atoms with Crippen molar-refractivity contribution in [1.29, 1.82) is 0 Å². The Morgan fingerprint density at radius 3 is 2.47 bits per heavy atom. The van der Waals surface area contributed by atoms with Gasteiger partial charge in [-0.1, -0.05) is 12.2 Å². The van der Waals surface area contributed by atoms with Crippen molar-refractivity contribution < 1.29 is 24.2 Å². The Balaban J connectivity index is 2.84. The average molecular weight is 271 g/mol. The summed E-state index contributed by atoms with van der Waals surface area (Å²) in [5.41, 5.74) is -0.655. The molecular formula is C13H21NO5. The highest BCUT2D eigenvalue weighted by atomic mass is 16.6. The van der Waals surface area contributed by atoms with Crippen LogP contribution in [0.2, 0.25) is 0 Å². The molecule has 1 rings (SSSR count). The molecule has 1 aliphatic rings. The number of ether oxygens (including phenoxy) is 2. The maximum Gasteiger partial charge on any atom is 0.411 e. The predicted molar refractivity (Wildman–Crippen MR) is 68.9 cm³/mol. The maximum absolute atomic E-state index is 12.0. The Hall–Kier alpha value is -1.56. The fraction of sp³-hybridized carbons (Fsp3) is 0.692. The van der Waals surface area contributed by atoms with Gasteiger partial charge in [-0.2, -0.15) is 0 Å². The molecule has 1 heterocycles. The summed E-state index contributed by atoms with van der Waals surface area (Å²) in [7, 11) is 1.56. The molecule has 6 nitrogen and oxygen atoms in total. The van der Waals surface area contributed by atoms with Crippen LogP contribution in [-0.4, -0.2) is 54.0 Å². The second-order valence-corrected chi connectivity index (χ2v) is 5.52. The molecule has 0 spiro atoms. The van der Waals surface area contributed by atoms with Crippen LogP contribution in [0.25, 0.3) is 0 Å². The van der Waals surface area contributed by atoms with Gasteiger partial charge in [-0.15, -0.1) is 0 Å². The lowest BCUT2D eigenvalue weighted by Crippen LogP contribution is -2.50. The van der Waals surface area contributed by atoms with Gasteiger partial charge in [-0.05, 0) is 20.8 Å². The molecule has 0 aromatic carbocycles. The summed E-state index contributed by atoms with van der Waals surface area (Å²) < 4.78 is 10.3. The minimum atomic E-state index is -1.07. The first-order chi connectivity index (χ1) is 8.74. The van der Waals surface area contributed by atoms with E-state index in [1.54, 1.807) is 34.0 Å². The number of hydrogen-bond acceptors (Lipinski definition) is 4. The van der Waals surface area contributed by atoms with E-state index < -0.39 is 23.7 Å². The summed E-state index contributed by atoms with van der Waals surface area (Å²) in [6.45, 7) is 5.94. The number of aliphatic carboxylic acids is 1. The van der Waals surface area contributed by atoms with Crippen LogP contribution >= 0.6 is 0 Å². The summed E-state index contributed by atoms with van der Waals surface area (Å²) in [6, 6.07) is -0.983. The predicted octanol–water partition coefficient (Wildman–Crippen LogP) is 1.51. The van der Waals surface area contributed by atoms with Gasteiger partial charge in [-0.25, -0.2) is 9.59 Å². The van der Waals surface area contributed by atoms with E-state index in [9.17, 15) is 9.59 Å². The number of carboxylic acid groups (broad SMARTS) is 1. The number of hydrogen-bond donors (Lipinski definition) is 1. The van der Waals surface area contributed by atoms with Gasteiger partial charge in [-0.3, -0.25) is 4.90 Å². The largest absolute Gasteiger partial charge is 0.479 e. The molecule has 1 aliphatic heterocycles. The summed E-state index contributed by atoms with van der Waals surface area (Å²) in [5, 5.41) is 9.14. The van der Waals surface area contributed by atoms with Gasteiger partial charge in [0.05, 0.1) is 6.61 Å². The maximum atomic E-state index is 12.0. The third-order valence-corrected chi connectivity index (χ3v) is 2.59. The van der Waals surface area contributed by atoms with Crippen molar-refractivity contribution in [2.45, 2.75) is 32.4 Å². The topological polar surface area (TPSA) is 76.1 Å². The summed E-state index contributed by atoms with van der Waals surface area (Å²) in [4.78, 5) is 24.4. The SMILES string of the molecule is COCC1C=CC(C(=O)O)N(C(=O)OC(C)(C)C)C1. The first-order valence-corrected chi connectivity index (χ1v) is 6.14. The molecule has 108 valence electrons. The zero-order chi connectivity index (χ0) is 14.6. The third-order valence-electron chi connectivity index (χ3n) is 2.59. The monoisotopic (exact) mass is 271 g/mol. The molecule has 0 bridgehead atoms. The third kappa shape index (κ3) is 4.55. The second kappa shape index (κ2) is 6.06. The molecule has 0 fully saturated rings.